The molecule has 0 saturated carbocycles. The van der Waals surface area contributed by atoms with Crippen molar-refractivity contribution < 1.29 is 4.52 Å². The van der Waals surface area contributed by atoms with Gasteiger partial charge in [-0.1, -0.05) is 16.8 Å². The highest BCUT2D eigenvalue weighted by Crippen LogP contribution is 2.35. The molecule has 0 fully saturated rings. The molecule has 1 atom stereocenters. The van der Waals surface area contributed by atoms with Gasteiger partial charge in [0.2, 0.25) is 0 Å². The molecule has 2 heterocycles. The third-order valence-corrected chi connectivity index (χ3v) is 3.75. The molecule has 0 aliphatic heterocycles. The molecule has 6 heteroatoms. The fraction of sp³-hybridized carbons (Fsp3) is 0.400. The maximum Gasteiger partial charge on any atom is 0.269 e. The molecule has 2 aromatic heterocycles. The fourth-order valence-electron chi connectivity index (χ4n) is 1.29. The highest BCUT2D eigenvalue weighted by Gasteiger charge is 2.16. The highest BCUT2D eigenvalue weighted by atomic mass is 35.5. The molecule has 16 heavy (non-hydrogen) atoms. The van der Waals surface area contributed by atoms with Crippen LogP contribution in [0.4, 0.5) is 0 Å². The van der Waals surface area contributed by atoms with Crippen molar-refractivity contribution in [3.8, 4) is 10.8 Å². The zero-order valence-electron chi connectivity index (χ0n) is 9.03. The van der Waals surface area contributed by atoms with Gasteiger partial charge in [-0.2, -0.15) is 4.98 Å². The lowest BCUT2D eigenvalue weighted by atomic mass is 10.2. The lowest BCUT2D eigenvalue weighted by Gasteiger charge is -1.96. The van der Waals surface area contributed by atoms with E-state index in [1.165, 1.54) is 11.3 Å². The molecule has 0 aromatic carbocycles. The number of aryl methyl sites for hydroxylation is 1. The largest absolute Gasteiger partial charge is 0.333 e. The number of nitrogens with zero attached hydrogens (tertiary/aromatic N) is 2. The minimum Gasteiger partial charge on any atom is -0.333 e. The number of halogens is 1. The average molecular weight is 258 g/mol. The lowest BCUT2D eigenvalue weighted by molar-refractivity contribution is 0.421. The van der Waals surface area contributed by atoms with Crippen molar-refractivity contribution in [1.82, 2.24) is 10.1 Å². The Morgan fingerprint density at radius 2 is 2.38 bits per heavy atom. The van der Waals surface area contributed by atoms with Crippen molar-refractivity contribution in [2.45, 2.75) is 26.3 Å². The van der Waals surface area contributed by atoms with Crippen molar-refractivity contribution in [2.24, 2.45) is 5.73 Å². The van der Waals surface area contributed by atoms with Crippen LogP contribution < -0.4 is 5.73 Å². The first kappa shape index (κ1) is 11.6. The second-order valence-electron chi connectivity index (χ2n) is 3.76. The van der Waals surface area contributed by atoms with Crippen LogP contribution in [0.3, 0.4) is 0 Å². The summed E-state index contributed by atoms with van der Waals surface area (Å²) in [5, 5.41) is 6.51. The minimum atomic E-state index is 0.0194. The Bertz CT molecular complexity index is 492. The minimum absolute atomic E-state index is 0.0194. The molecular formula is C10H12ClN3OS. The third kappa shape index (κ3) is 2.26. The summed E-state index contributed by atoms with van der Waals surface area (Å²) in [7, 11) is 0. The number of hydrogen-bond donors (Lipinski definition) is 1. The average Bonchev–Trinajstić information content (AvgIpc) is 2.75. The maximum atomic E-state index is 6.12. The molecule has 0 bridgehead atoms. The Morgan fingerprint density at radius 1 is 1.62 bits per heavy atom. The molecular weight excluding hydrogens is 246 g/mol. The van der Waals surface area contributed by atoms with Gasteiger partial charge in [-0.25, -0.2) is 0 Å². The second-order valence-corrected chi connectivity index (χ2v) is 5.02. The van der Waals surface area contributed by atoms with Crippen LogP contribution in [-0.2, 0) is 6.42 Å². The third-order valence-electron chi connectivity index (χ3n) is 2.07. The van der Waals surface area contributed by atoms with E-state index in [1.54, 1.807) is 0 Å². The Balaban J connectivity index is 2.28. The van der Waals surface area contributed by atoms with E-state index in [1.807, 2.05) is 19.2 Å². The van der Waals surface area contributed by atoms with E-state index in [9.17, 15) is 0 Å². The molecule has 1 unspecified atom stereocenters. The molecule has 0 saturated heterocycles. The normalized spacial score (nSPS) is 13.0. The van der Waals surface area contributed by atoms with E-state index in [2.05, 4.69) is 10.1 Å². The summed E-state index contributed by atoms with van der Waals surface area (Å²) in [5.41, 5.74) is 6.68. The van der Waals surface area contributed by atoms with Crippen LogP contribution >= 0.6 is 22.9 Å². The summed E-state index contributed by atoms with van der Waals surface area (Å²) < 4.78 is 5.16. The summed E-state index contributed by atoms with van der Waals surface area (Å²) >= 11 is 7.62. The number of hydrogen-bond acceptors (Lipinski definition) is 5. The predicted octanol–water partition coefficient (Wildman–Crippen LogP) is 2.65. The van der Waals surface area contributed by atoms with Crippen LogP contribution in [-0.4, -0.2) is 16.2 Å². The standard InChI is InChI=1S/C10H12ClN3OS/c1-5-4-16-9(8(5)11)10-13-7(14-15-10)3-6(2)12/h4,6H,3,12H2,1-2H3. The van der Waals surface area contributed by atoms with E-state index in [0.29, 0.717) is 23.2 Å². The zero-order chi connectivity index (χ0) is 11.7. The lowest BCUT2D eigenvalue weighted by Crippen LogP contribution is -2.18. The van der Waals surface area contributed by atoms with Gasteiger partial charge in [0.15, 0.2) is 5.82 Å². The topological polar surface area (TPSA) is 64.9 Å². The highest BCUT2D eigenvalue weighted by molar-refractivity contribution is 7.14. The summed E-state index contributed by atoms with van der Waals surface area (Å²) in [6, 6.07) is 0.0194. The molecule has 2 aromatic rings. The van der Waals surface area contributed by atoms with Gasteiger partial charge in [0.25, 0.3) is 5.89 Å². The molecule has 2 N–H and O–H groups in total. The molecule has 2 rings (SSSR count). The Kier molecular flexibility index (Phi) is 3.28. The van der Waals surface area contributed by atoms with Crippen molar-refractivity contribution >= 4 is 22.9 Å². The van der Waals surface area contributed by atoms with Crippen LogP contribution in [0.1, 0.15) is 18.3 Å². The van der Waals surface area contributed by atoms with Crippen LogP contribution in [0, 0.1) is 6.92 Å². The summed E-state index contributed by atoms with van der Waals surface area (Å²) in [6.45, 7) is 3.85. The molecule has 0 aliphatic carbocycles. The van der Waals surface area contributed by atoms with E-state index in [0.717, 1.165) is 10.4 Å². The first-order chi connectivity index (χ1) is 7.58. The summed E-state index contributed by atoms with van der Waals surface area (Å²) in [6.07, 6.45) is 0.603. The zero-order valence-corrected chi connectivity index (χ0v) is 10.6. The Hall–Kier alpha value is -0.910. The maximum absolute atomic E-state index is 6.12. The van der Waals surface area contributed by atoms with Crippen LogP contribution in [0.2, 0.25) is 5.02 Å². The molecule has 0 spiro atoms. The van der Waals surface area contributed by atoms with Gasteiger partial charge in [-0.05, 0) is 24.8 Å². The van der Waals surface area contributed by atoms with Gasteiger partial charge >= 0.3 is 0 Å². The number of thiophene rings is 1. The van der Waals surface area contributed by atoms with Crippen molar-refractivity contribution in [1.29, 1.82) is 0 Å². The summed E-state index contributed by atoms with van der Waals surface area (Å²) in [4.78, 5) is 5.08. The van der Waals surface area contributed by atoms with Crippen molar-refractivity contribution in [2.75, 3.05) is 0 Å². The van der Waals surface area contributed by atoms with Gasteiger partial charge in [0, 0.05) is 12.5 Å². The molecule has 4 nitrogen and oxygen atoms in total. The van der Waals surface area contributed by atoms with Crippen LogP contribution in [0.5, 0.6) is 0 Å². The van der Waals surface area contributed by atoms with Gasteiger partial charge < -0.3 is 10.3 Å². The Labute approximate surface area is 102 Å². The first-order valence-corrected chi connectivity index (χ1v) is 6.16. The molecule has 86 valence electrons. The second kappa shape index (κ2) is 4.53. The van der Waals surface area contributed by atoms with E-state index < -0.39 is 0 Å². The monoisotopic (exact) mass is 257 g/mol. The molecule has 0 amide bonds. The number of nitrogens with two attached hydrogens (primary N) is 1. The van der Waals surface area contributed by atoms with Gasteiger partial charge in [0.05, 0.1) is 5.02 Å². The number of rotatable bonds is 3. The SMILES string of the molecule is Cc1csc(-c2nc(CC(C)N)no2)c1Cl. The van der Waals surface area contributed by atoms with Crippen LogP contribution in [0.15, 0.2) is 9.90 Å². The summed E-state index contributed by atoms with van der Waals surface area (Å²) in [5.74, 6) is 1.09. The van der Waals surface area contributed by atoms with E-state index >= 15 is 0 Å². The van der Waals surface area contributed by atoms with Crippen molar-refractivity contribution in [3.05, 3.63) is 21.8 Å². The van der Waals surface area contributed by atoms with E-state index in [-0.39, 0.29) is 6.04 Å². The van der Waals surface area contributed by atoms with Gasteiger partial charge in [0.1, 0.15) is 4.88 Å². The van der Waals surface area contributed by atoms with Crippen LogP contribution in [0.25, 0.3) is 10.8 Å². The predicted molar refractivity (Wildman–Crippen MR) is 64.7 cm³/mol. The number of aromatic nitrogens is 2. The molecule has 0 aliphatic rings. The quantitative estimate of drug-likeness (QED) is 0.918. The first-order valence-electron chi connectivity index (χ1n) is 4.90. The Morgan fingerprint density at radius 3 is 2.94 bits per heavy atom. The van der Waals surface area contributed by atoms with Gasteiger partial charge in [-0.15, -0.1) is 11.3 Å². The smallest absolute Gasteiger partial charge is 0.269 e. The van der Waals surface area contributed by atoms with Gasteiger partial charge in [-0.3, -0.25) is 0 Å². The molecule has 0 radical (unpaired) electrons. The van der Waals surface area contributed by atoms with E-state index in [4.69, 9.17) is 21.9 Å². The van der Waals surface area contributed by atoms with Crippen molar-refractivity contribution in [3.63, 3.8) is 0 Å². The fourth-order valence-corrected chi connectivity index (χ4v) is 2.49.